The number of nitrogen functional groups attached to an aromatic ring is 1. The van der Waals surface area contributed by atoms with Crippen molar-refractivity contribution in [3.8, 4) is 11.1 Å². The van der Waals surface area contributed by atoms with E-state index in [-0.39, 0.29) is 5.41 Å². The molecule has 0 saturated heterocycles. The van der Waals surface area contributed by atoms with Gasteiger partial charge in [-0.2, -0.15) is 0 Å². The summed E-state index contributed by atoms with van der Waals surface area (Å²) in [6.45, 7) is 2.30. The van der Waals surface area contributed by atoms with Crippen LogP contribution in [0.2, 0.25) is 0 Å². The monoisotopic (exact) mass is 271 g/mol. The van der Waals surface area contributed by atoms with Gasteiger partial charge in [-0.25, -0.2) is 0 Å². The molecule has 0 radical (unpaired) electrons. The third kappa shape index (κ3) is 1.58. The van der Waals surface area contributed by atoms with Crippen molar-refractivity contribution in [3.05, 3.63) is 89.5 Å². The highest BCUT2D eigenvalue weighted by Crippen LogP contribution is 2.52. The van der Waals surface area contributed by atoms with Gasteiger partial charge in [0.05, 0.1) is 0 Å². The lowest BCUT2D eigenvalue weighted by atomic mass is 9.74. The summed E-state index contributed by atoms with van der Waals surface area (Å²) >= 11 is 0. The molecule has 0 aliphatic heterocycles. The minimum absolute atomic E-state index is 0.136. The normalized spacial score (nSPS) is 14.5. The van der Waals surface area contributed by atoms with Gasteiger partial charge in [0.2, 0.25) is 0 Å². The molecule has 0 heterocycles. The highest BCUT2D eigenvalue weighted by atomic mass is 14.5. The van der Waals surface area contributed by atoms with Crippen LogP contribution in [0.15, 0.2) is 72.8 Å². The molecule has 3 aromatic rings. The zero-order chi connectivity index (χ0) is 14.4. The molecule has 0 unspecified atom stereocenters. The number of anilines is 1. The van der Waals surface area contributed by atoms with Crippen LogP contribution in [-0.2, 0) is 5.41 Å². The van der Waals surface area contributed by atoms with Gasteiger partial charge in [-0.15, -0.1) is 0 Å². The van der Waals surface area contributed by atoms with Gasteiger partial charge < -0.3 is 5.73 Å². The standard InChI is InChI=1S/C20H17N/c1-20(14-7-6-8-15(21)13-14)18-11-4-2-9-16(18)17-10-3-5-12-19(17)20/h2-13H,21H2,1H3. The Morgan fingerprint density at radius 2 is 1.29 bits per heavy atom. The van der Waals surface area contributed by atoms with Gasteiger partial charge >= 0.3 is 0 Å². The molecule has 21 heavy (non-hydrogen) atoms. The van der Waals surface area contributed by atoms with Crippen molar-refractivity contribution in [2.24, 2.45) is 0 Å². The average molecular weight is 271 g/mol. The van der Waals surface area contributed by atoms with E-state index in [2.05, 4.69) is 67.6 Å². The molecule has 102 valence electrons. The molecule has 1 heteroatoms. The Bertz CT molecular complexity index is 787. The van der Waals surface area contributed by atoms with Gasteiger partial charge in [-0.1, -0.05) is 60.7 Å². The van der Waals surface area contributed by atoms with Crippen molar-refractivity contribution < 1.29 is 0 Å². The molecule has 1 aliphatic carbocycles. The maximum atomic E-state index is 6.03. The predicted molar refractivity (Wildman–Crippen MR) is 88.3 cm³/mol. The van der Waals surface area contributed by atoms with Gasteiger partial charge in [-0.05, 0) is 46.9 Å². The van der Waals surface area contributed by atoms with Crippen molar-refractivity contribution in [1.82, 2.24) is 0 Å². The summed E-state index contributed by atoms with van der Waals surface area (Å²) in [4.78, 5) is 0. The molecular formula is C20H17N. The van der Waals surface area contributed by atoms with Gasteiger partial charge in [0, 0.05) is 11.1 Å². The van der Waals surface area contributed by atoms with E-state index in [1.54, 1.807) is 0 Å². The molecule has 0 amide bonds. The second-order valence-corrected chi connectivity index (χ2v) is 5.84. The summed E-state index contributed by atoms with van der Waals surface area (Å²) in [5.74, 6) is 0. The molecule has 0 atom stereocenters. The summed E-state index contributed by atoms with van der Waals surface area (Å²) in [5, 5.41) is 0. The first-order valence-corrected chi connectivity index (χ1v) is 7.26. The molecule has 0 fully saturated rings. The summed E-state index contributed by atoms with van der Waals surface area (Å²) in [7, 11) is 0. The first-order valence-electron chi connectivity index (χ1n) is 7.26. The van der Waals surface area contributed by atoms with E-state index >= 15 is 0 Å². The average Bonchev–Trinajstić information content (AvgIpc) is 2.79. The molecule has 0 spiro atoms. The van der Waals surface area contributed by atoms with E-state index in [0.717, 1.165) is 5.69 Å². The highest BCUT2D eigenvalue weighted by molar-refractivity contribution is 5.83. The van der Waals surface area contributed by atoms with Gasteiger partial charge in [0.15, 0.2) is 0 Å². The summed E-state index contributed by atoms with van der Waals surface area (Å²) in [6, 6.07) is 25.6. The fraction of sp³-hybridized carbons (Fsp3) is 0.100. The Morgan fingerprint density at radius 1 is 0.714 bits per heavy atom. The molecule has 3 aromatic carbocycles. The van der Waals surface area contributed by atoms with Crippen LogP contribution in [0.4, 0.5) is 5.69 Å². The Morgan fingerprint density at radius 3 is 1.86 bits per heavy atom. The SMILES string of the molecule is CC1(c2cccc(N)c2)c2ccccc2-c2ccccc21. The third-order valence-electron chi connectivity index (χ3n) is 4.69. The molecule has 1 nitrogen and oxygen atoms in total. The zero-order valence-corrected chi connectivity index (χ0v) is 12.0. The molecule has 1 aliphatic rings. The van der Waals surface area contributed by atoms with Crippen LogP contribution in [-0.4, -0.2) is 0 Å². The minimum Gasteiger partial charge on any atom is -0.399 e. The highest BCUT2D eigenvalue weighted by Gasteiger charge is 2.40. The van der Waals surface area contributed by atoms with Crippen molar-refractivity contribution in [2.75, 3.05) is 5.73 Å². The fourth-order valence-corrected chi connectivity index (χ4v) is 3.61. The zero-order valence-electron chi connectivity index (χ0n) is 12.0. The number of hydrogen-bond donors (Lipinski definition) is 1. The summed E-state index contributed by atoms with van der Waals surface area (Å²) in [5.41, 5.74) is 13.3. The summed E-state index contributed by atoms with van der Waals surface area (Å²) < 4.78 is 0. The van der Waals surface area contributed by atoms with Crippen molar-refractivity contribution in [1.29, 1.82) is 0 Å². The van der Waals surface area contributed by atoms with Gasteiger partial charge in [-0.3, -0.25) is 0 Å². The van der Waals surface area contributed by atoms with Crippen LogP contribution in [0.5, 0.6) is 0 Å². The van der Waals surface area contributed by atoms with E-state index in [1.165, 1.54) is 27.8 Å². The number of nitrogens with two attached hydrogens (primary N) is 1. The topological polar surface area (TPSA) is 26.0 Å². The van der Waals surface area contributed by atoms with E-state index < -0.39 is 0 Å². The Hall–Kier alpha value is -2.54. The molecular weight excluding hydrogens is 254 g/mol. The third-order valence-corrected chi connectivity index (χ3v) is 4.69. The predicted octanol–water partition coefficient (Wildman–Crippen LogP) is 4.60. The first-order chi connectivity index (χ1) is 10.2. The molecule has 0 saturated carbocycles. The number of hydrogen-bond acceptors (Lipinski definition) is 1. The second kappa shape index (κ2) is 4.23. The Kier molecular flexibility index (Phi) is 2.46. The summed E-state index contributed by atoms with van der Waals surface area (Å²) in [6.07, 6.45) is 0. The lowest BCUT2D eigenvalue weighted by Crippen LogP contribution is -2.22. The van der Waals surface area contributed by atoms with E-state index in [0.29, 0.717) is 0 Å². The smallest absolute Gasteiger partial charge is 0.0436 e. The maximum Gasteiger partial charge on any atom is 0.0436 e. The largest absolute Gasteiger partial charge is 0.399 e. The Balaban J connectivity index is 2.09. The molecule has 4 rings (SSSR count). The number of rotatable bonds is 1. The van der Waals surface area contributed by atoms with Crippen LogP contribution in [0.3, 0.4) is 0 Å². The van der Waals surface area contributed by atoms with Gasteiger partial charge in [0.1, 0.15) is 0 Å². The van der Waals surface area contributed by atoms with Crippen LogP contribution in [0.25, 0.3) is 11.1 Å². The molecule has 0 bridgehead atoms. The minimum atomic E-state index is -0.136. The van der Waals surface area contributed by atoms with Crippen molar-refractivity contribution >= 4 is 5.69 Å². The first kappa shape index (κ1) is 12.2. The fourth-order valence-electron chi connectivity index (χ4n) is 3.61. The lowest BCUT2D eigenvalue weighted by molar-refractivity contribution is 0.714. The van der Waals surface area contributed by atoms with Gasteiger partial charge in [0.25, 0.3) is 0 Å². The molecule has 0 aromatic heterocycles. The van der Waals surface area contributed by atoms with E-state index in [9.17, 15) is 0 Å². The van der Waals surface area contributed by atoms with Crippen LogP contribution in [0.1, 0.15) is 23.6 Å². The molecule has 2 N–H and O–H groups in total. The second-order valence-electron chi connectivity index (χ2n) is 5.84. The lowest BCUT2D eigenvalue weighted by Gasteiger charge is -2.28. The van der Waals surface area contributed by atoms with Crippen LogP contribution >= 0.6 is 0 Å². The van der Waals surface area contributed by atoms with Crippen LogP contribution < -0.4 is 5.73 Å². The van der Waals surface area contributed by atoms with Crippen molar-refractivity contribution in [2.45, 2.75) is 12.3 Å². The van der Waals surface area contributed by atoms with E-state index in [4.69, 9.17) is 5.73 Å². The quantitative estimate of drug-likeness (QED) is 0.643. The van der Waals surface area contributed by atoms with Crippen LogP contribution in [0, 0.1) is 0 Å². The Labute approximate surface area is 125 Å². The maximum absolute atomic E-state index is 6.03. The van der Waals surface area contributed by atoms with E-state index in [1.807, 2.05) is 12.1 Å². The van der Waals surface area contributed by atoms with Crippen molar-refractivity contribution in [3.63, 3.8) is 0 Å². The number of benzene rings is 3. The number of fused-ring (bicyclic) bond motifs is 3.